The van der Waals surface area contributed by atoms with Crippen LogP contribution < -0.4 is 5.32 Å². The summed E-state index contributed by atoms with van der Waals surface area (Å²) in [5, 5.41) is 3.28. The molecule has 0 fully saturated rings. The van der Waals surface area contributed by atoms with Gasteiger partial charge < -0.3 is 5.32 Å². The summed E-state index contributed by atoms with van der Waals surface area (Å²) in [5.74, 6) is -0.478. The summed E-state index contributed by atoms with van der Waals surface area (Å²) in [6.45, 7) is 0.768. The maximum absolute atomic E-state index is 13.5. The van der Waals surface area contributed by atoms with Crippen LogP contribution in [0.3, 0.4) is 0 Å². The normalized spacial score (nSPS) is 17.3. The van der Waals surface area contributed by atoms with Gasteiger partial charge in [0.2, 0.25) is 0 Å². The maximum atomic E-state index is 13.5. The lowest BCUT2D eigenvalue weighted by Crippen LogP contribution is -2.35. The molecule has 4 heteroatoms. The number of carbonyl (C=O) groups is 1. The third kappa shape index (κ3) is 2.85. The standard InChI is InChI=1S/C17H15ClFNO/c18-16-12(5-3-7-14(16)19)10-15(21)17-13-6-2-1-4-11(13)8-9-20-17/h1-7,17,20H,8-10H2. The zero-order chi connectivity index (χ0) is 14.8. The zero-order valence-electron chi connectivity index (χ0n) is 11.4. The number of benzene rings is 2. The van der Waals surface area contributed by atoms with Crippen molar-refractivity contribution in [2.24, 2.45) is 0 Å². The molecule has 3 rings (SSSR count). The first-order chi connectivity index (χ1) is 10.2. The third-order valence-electron chi connectivity index (χ3n) is 3.83. The van der Waals surface area contributed by atoms with Crippen molar-refractivity contribution in [1.82, 2.24) is 5.32 Å². The van der Waals surface area contributed by atoms with Crippen molar-refractivity contribution in [3.63, 3.8) is 0 Å². The van der Waals surface area contributed by atoms with Gasteiger partial charge in [0, 0.05) is 13.0 Å². The molecule has 1 heterocycles. The van der Waals surface area contributed by atoms with E-state index < -0.39 is 5.82 Å². The molecule has 0 aromatic heterocycles. The van der Waals surface area contributed by atoms with E-state index >= 15 is 0 Å². The van der Waals surface area contributed by atoms with Crippen molar-refractivity contribution >= 4 is 17.4 Å². The summed E-state index contributed by atoms with van der Waals surface area (Å²) < 4.78 is 13.5. The van der Waals surface area contributed by atoms with Gasteiger partial charge >= 0.3 is 0 Å². The Labute approximate surface area is 127 Å². The topological polar surface area (TPSA) is 29.1 Å². The molecule has 1 unspecified atom stereocenters. The minimum atomic E-state index is -0.487. The number of hydrogen-bond donors (Lipinski definition) is 1. The fraction of sp³-hybridized carbons (Fsp3) is 0.235. The molecule has 1 aliphatic rings. The molecular formula is C17H15ClFNO. The lowest BCUT2D eigenvalue weighted by molar-refractivity contribution is -0.120. The molecule has 0 saturated carbocycles. The summed E-state index contributed by atoms with van der Waals surface area (Å²) in [6, 6.07) is 12.2. The van der Waals surface area contributed by atoms with Gasteiger partial charge in [0.05, 0.1) is 11.1 Å². The Morgan fingerprint density at radius 2 is 2.05 bits per heavy atom. The molecule has 21 heavy (non-hydrogen) atoms. The van der Waals surface area contributed by atoms with Gasteiger partial charge in [-0.05, 0) is 29.2 Å². The summed E-state index contributed by atoms with van der Waals surface area (Å²) in [4.78, 5) is 12.6. The number of halogens is 2. The number of fused-ring (bicyclic) bond motifs is 1. The highest BCUT2D eigenvalue weighted by Crippen LogP contribution is 2.26. The van der Waals surface area contributed by atoms with Gasteiger partial charge in [0.15, 0.2) is 5.78 Å². The van der Waals surface area contributed by atoms with Gasteiger partial charge in [-0.1, -0.05) is 48.0 Å². The molecule has 1 N–H and O–H groups in total. The second-order valence-corrected chi connectivity index (χ2v) is 5.57. The van der Waals surface area contributed by atoms with Crippen molar-refractivity contribution in [3.8, 4) is 0 Å². The number of hydrogen-bond acceptors (Lipinski definition) is 2. The molecule has 1 aliphatic heterocycles. The van der Waals surface area contributed by atoms with E-state index in [4.69, 9.17) is 11.6 Å². The lowest BCUT2D eigenvalue weighted by Gasteiger charge is -2.26. The van der Waals surface area contributed by atoms with Crippen LogP contribution >= 0.6 is 11.6 Å². The summed E-state index contributed by atoms with van der Waals surface area (Å²) in [5.41, 5.74) is 2.74. The van der Waals surface area contributed by atoms with Crippen LogP contribution in [-0.4, -0.2) is 12.3 Å². The Hall–Kier alpha value is -1.71. The summed E-state index contributed by atoms with van der Waals surface area (Å²) in [6.07, 6.45) is 1.04. The predicted octanol–water partition coefficient (Wildman–Crippen LogP) is 3.48. The Morgan fingerprint density at radius 1 is 1.24 bits per heavy atom. The maximum Gasteiger partial charge on any atom is 0.158 e. The largest absolute Gasteiger partial charge is 0.303 e. The van der Waals surface area contributed by atoms with Crippen molar-refractivity contribution in [1.29, 1.82) is 0 Å². The van der Waals surface area contributed by atoms with Crippen LogP contribution in [0.15, 0.2) is 42.5 Å². The quantitative estimate of drug-likeness (QED) is 0.940. The first-order valence-electron chi connectivity index (χ1n) is 6.93. The SMILES string of the molecule is O=C(Cc1cccc(F)c1Cl)C1NCCc2ccccc21. The van der Waals surface area contributed by atoms with E-state index in [1.54, 1.807) is 12.1 Å². The Kier molecular flexibility index (Phi) is 4.04. The molecule has 108 valence electrons. The first kappa shape index (κ1) is 14.2. The fourth-order valence-corrected chi connectivity index (χ4v) is 2.96. The van der Waals surface area contributed by atoms with Crippen LogP contribution in [-0.2, 0) is 17.6 Å². The average Bonchev–Trinajstić information content (AvgIpc) is 2.51. The number of carbonyl (C=O) groups excluding carboxylic acids is 1. The molecule has 0 bridgehead atoms. The van der Waals surface area contributed by atoms with Crippen LogP contribution in [0.1, 0.15) is 22.7 Å². The highest BCUT2D eigenvalue weighted by molar-refractivity contribution is 6.31. The number of Topliss-reactive ketones (excluding diaryl/α,β-unsaturated/α-hetero) is 1. The number of ketones is 1. The predicted molar refractivity (Wildman–Crippen MR) is 81.0 cm³/mol. The molecule has 0 saturated heterocycles. The molecule has 1 atom stereocenters. The molecule has 0 amide bonds. The van der Waals surface area contributed by atoms with Gasteiger partial charge in [-0.3, -0.25) is 4.79 Å². The second kappa shape index (κ2) is 5.96. The van der Waals surface area contributed by atoms with E-state index in [9.17, 15) is 9.18 Å². The van der Waals surface area contributed by atoms with Crippen molar-refractivity contribution in [2.75, 3.05) is 6.54 Å². The van der Waals surface area contributed by atoms with Gasteiger partial charge in [-0.2, -0.15) is 0 Å². The van der Waals surface area contributed by atoms with E-state index in [2.05, 4.69) is 5.32 Å². The van der Waals surface area contributed by atoms with Crippen LogP contribution in [0.25, 0.3) is 0 Å². The molecule has 0 radical (unpaired) electrons. The minimum Gasteiger partial charge on any atom is -0.303 e. The van der Waals surface area contributed by atoms with Crippen LogP contribution in [0.2, 0.25) is 5.02 Å². The third-order valence-corrected chi connectivity index (χ3v) is 4.25. The van der Waals surface area contributed by atoms with E-state index in [0.717, 1.165) is 18.5 Å². The van der Waals surface area contributed by atoms with Gasteiger partial charge in [-0.15, -0.1) is 0 Å². The highest BCUT2D eigenvalue weighted by atomic mass is 35.5. The summed E-state index contributed by atoms with van der Waals surface area (Å²) >= 11 is 5.93. The van der Waals surface area contributed by atoms with E-state index in [1.807, 2.05) is 24.3 Å². The Balaban J connectivity index is 1.85. The molecule has 2 aromatic carbocycles. The first-order valence-corrected chi connectivity index (χ1v) is 7.31. The zero-order valence-corrected chi connectivity index (χ0v) is 12.2. The van der Waals surface area contributed by atoms with Gasteiger partial charge in [0.25, 0.3) is 0 Å². The van der Waals surface area contributed by atoms with Crippen molar-refractivity contribution < 1.29 is 9.18 Å². The van der Waals surface area contributed by atoms with Crippen LogP contribution in [0.5, 0.6) is 0 Å². The number of nitrogens with one attached hydrogen (secondary N) is 1. The molecule has 2 nitrogen and oxygen atoms in total. The number of rotatable bonds is 3. The van der Waals surface area contributed by atoms with Crippen molar-refractivity contribution in [2.45, 2.75) is 18.9 Å². The monoisotopic (exact) mass is 303 g/mol. The fourth-order valence-electron chi connectivity index (χ4n) is 2.77. The van der Waals surface area contributed by atoms with Crippen LogP contribution in [0.4, 0.5) is 4.39 Å². The minimum absolute atomic E-state index is 0.00894. The lowest BCUT2D eigenvalue weighted by atomic mass is 9.90. The molecular weight excluding hydrogens is 289 g/mol. The van der Waals surface area contributed by atoms with Gasteiger partial charge in [0.1, 0.15) is 5.82 Å². The van der Waals surface area contributed by atoms with E-state index in [-0.39, 0.29) is 23.3 Å². The summed E-state index contributed by atoms with van der Waals surface area (Å²) in [7, 11) is 0. The average molecular weight is 304 g/mol. The highest BCUT2D eigenvalue weighted by Gasteiger charge is 2.26. The molecule has 0 aliphatic carbocycles. The van der Waals surface area contributed by atoms with Crippen LogP contribution in [0, 0.1) is 5.82 Å². The van der Waals surface area contributed by atoms with Crippen molar-refractivity contribution in [3.05, 3.63) is 70.0 Å². The smallest absolute Gasteiger partial charge is 0.158 e. The Morgan fingerprint density at radius 3 is 2.90 bits per heavy atom. The molecule has 0 spiro atoms. The molecule has 2 aromatic rings. The second-order valence-electron chi connectivity index (χ2n) is 5.19. The van der Waals surface area contributed by atoms with Gasteiger partial charge in [-0.25, -0.2) is 4.39 Å². The van der Waals surface area contributed by atoms with E-state index in [1.165, 1.54) is 11.6 Å². The van der Waals surface area contributed by atoms with E-state index in [0.29, 0.717) is 5.56 Å². The Bertz CT molecular complexity index is 686.